The van der Waals surface area contributed by atoms with E-state index in [1.54, 1.807) is 6.26 Å². The molecule has 6 nitrogen and oxygen atoms in total. The monoisotopic (exact) mass is 299 g/mol. The third kappa shape index (κ3) is 2.69. The Morgan fingerprint density at radius 1 is 1.32 bits per heavy atom. The van der Waals surface area contributed by atoms with E-state index in [-0.39, 0.29) is 0 Å². The lowest BCUT2D eigenvalue weighted by molar-refractivity contribution is 0.425. The number of fused-ring (bicyclic) bond motifs is 1. The van der Waals surface area contributed by atoms with Crippen molar-refractivity contribution in [3.8, 4) is 11.5 Å². The van der Waals surface area contributed by atoms with Crippen LogP contribution in [0.15, 0.2) is 28.9 Å². The Kier molecular flexibility index (Phi) is 3.85. The number of hydrogen-bond donors (Lipinski definition) is 1. The fourth-order valence-corrected chi connectivity index (χ4v) is 2.35. The first-order valence-corrected chi connectivity index (χ1v) is 7.35. The zero-order chi connectivity index (χ0) is 15.7. The van der Waals surface area contributed by atoms with Gasteiger partial charge in [-0.15, -0.1) is 0 Å². The molecular formula is C16H21N5O. The van der Waals surface area contributed by atoms with Gasteiger partial charge in [0.05, 0.1) is 6.26 Å². The summed E-state index contributed by atoms with van der Waals surface area (Å²) in [6, 6.07) is 5.71. The highest BCUT2D eigenvalue weighted by molar-refractivity contribution is 5.63. The second-order valence-corrected chi connectivity index (χ2v) is 5.68. The average molecular weight is 299 g/mol. The quantitative estimate of drug-likeness (QED) is 0.784. The molecule has 3 heterocycles. The topological polar surface area (TPSA) is 58.6 Å². The first-order chi connectivity index (χ1) is 10.6. The number of hydrogen-bond acceptors (Lipinski definition) is 5. The van der Waals surface area contributed by atoms with Crippen molar-refractivity contribution in [2.75, 3.05) is 32.5 Å². The number of nitrogens with one attached hydrogen (secondary N) is 1. The number of rotatable bonds is 5. The first kappa shape index (κ1) is 14.6. The second kappa shape index (κ2) is 5.81. The number of aromatic nitrogens is 3. The Hall–Kier alpha value is -2.34. The Balaban J connectivity index is 2.02. The van der Waals surface area contributed by atoms with E-state index >= 15 is 0 Å². The molecule has 0 aliphatic heterocycles. The zero-order valence-electron chi connectivity index (χ0n) is 13.4. The van der Waals surface area contributed by atoms with Gasteiger partial charge < -0.3 is 14.6 Å². The summed E-state index contributed by atoms with van der Waals surface area (Å²) in [6.45, 7) is 5.89. The average Bonchev–Trinajstić information content (AvgIpc) is 3.11. The van der Waals surface area contributed by atoms with Gasteiger partial charge in [-0.05, 0) is 40.1 Å². The largest absolute Gasteiger partial charge is 0.463 e. The molecule has 0 amide bonds. The summed E-state index contributed by atoms with van der Waals surface area (Å²) >= 11 is 0. The molecule has 0 radical (unpaired) electrons. The lowest BCUT2D eigenvalue weighted by Crippen LogP contribution is -2.22. The molecule has 22 heavy (non-hydrogen) atoms. The zero-order valence-corrected chi connectivity index (χ0v) is 13.4. The summed E-state index contributed by atoms with van der Waals surface area (Å²) in [5, 5.41) is 8.11. The summed E-state index contributed by atoms with van der Waals surface area (Å²) in [7, 11) is 4.12. The molecule has 6 heteroatoms. The molecule has 0 aliphatic rings. The highest BCUT2D eigenvalue weighted by Gasteiger charge is 2.14. The number of likely N-dealkylation sites (N-methyl/N-ethyl adjacent to an activating group) is 1. The summed E-state index contributed by atoms with van der Waals surface area (Å²) in [5.41, 5.74) is 3.73. The highest BCUT2D eigenvalue weighted by Crippen LogP contribution is 2.24. The van der Waals surface area contributed by atoms with E-state index in [0.29, 0.717) is 0 Å². The molecule has 0 spiro atoms. The van der Waals surface area contributed by atoms with Gasteiger partial charge in [0.2, 0.25) is 0 Å². The molecule has 0 bridgehead atoms. The molecule has 0 saturated carbocycles. The van der Waals surface area contributed by atoms with Crippen LogP contribution in [0.3, 0.4) is 0 Å². The lowest BCUT2D eigenvalue weighted by atomic mass is 10.2. The molecule has 0 unspecified atom stereocenters. The fourth-order valence-electron chi connectivity index (χ4n) is 2.35. The Bertz CT molecular complexity index is 774. The minimum Gasteiger partial charge on any atom is -0.463 e. The van der Waals surface area contributed by atoms with Crippen molar-refractivity contribution in [3.63, 3.8) is 0 Å². The van der Waals surface area contributed by atoms with Crippen LogP contribution in [0.5, 0.6) is 0 Å². The van der Waals surface area contributed by atoms with Crippen molar-refractivity contribution in [1.29, 1.82) is 0 Å². The third-order valence-electron chi connectivity index (χ3n) is 3.71. The van der Waals surface area contributed by atoms with Crippen molar-refractivity contribution in [1.82, 2.24) is 19.5 Å². The Morgan fingerprint density at radius 2 is 2.14 bits per heavy atom. The maximum atomic E-state index is 5.43. The number of aryl methyl sites for hydroxylation is 1. The minimum atomic E-state index is 0.750. The first-order valence-electron chi connectivity index (χ1n) is 7.35. The fraction of sp³-hybridized carbons (Fsp3) is 0.375. The van der Waals surface area contributed by atoms with Crippen molar-refractivity contribution < 1.29 is 4.42 Å². The molecule has 3 aromatic rings. The van der Waals surface area contributed by atoms with Crippen LogP contribution >= 0.6 is 0 Å². The van der Waals surface area contributed by atoms with Crippen LogP contribution in [0.4, 0.5) is 5.82 Å². The van der Waals surface area contributed by atoms with Gasteiger partial charge in [-0.25, -0.2) is 4.98 Å². The summed E-state index contributed by atoms with van der Waals surface area (Å²) in [6.07, 6.45) is 1.65. The van der Waals surface area contributed by atoms with E-state index in [2.05, 4.69) is 41.3 Å². The molecule has 3 rings (SSSR count). The molecule has 3 aromatic heterocycles. The molecule has 0 fully saturated rings. The Labute approximate surface area is 129 Å². The summed E-state index contributed by atoms with van der Waals surface area (Å²) < 4.78 is 7.29. The normalized spacial score (nSPS) is 11.5. The van der Waals surface area contributed by atoms with Crippen molar-refractivity contribution in [2.45, 2.75) is 13.8 Å². The van der Waals surface area contributed by atoms with Crippen LogP contribution in [-0.2, 0) is 0 Å². The third-order valence-corrected chi connectivity index (χ3v) is 3.71. The molecule has 0 aliphatic carbocycles. The summed E-state index contributed by atoms with van der Waals surface area (Å²) in [4.78, 5) is 6.76. The molecule has 0 saturated heterocycles. The van der Waals surface area contributed by atoms with Crippen molar-refractivity contribution >= 4 is 11.5 Å². The van der Waals surface area contributed by atoms with Crippen LogP contribution in [0.25, 0.3) is 17.1 Å². The van der Waals surface area contributed by atoms with Crippen LogP contribution in [0.1, 0.15) is 11.3 Å². The predicted octanol–water partition coefficient (Wildman–Crippen LogP) is 2.58. The van der Waals surface area contributed by atoms with Crippen molar-refractivity contribution in [2.24, 2.45) is 0 Å². The maximum Gasteiger partial charge on any atom is 0.158 e. The van der Waals surface area contributed by atoms with Gasteiger partial charge in [-0.1, -0.05) is 0 Å². The van der Waals surface area contributed by atoms with Crippen LogP contribution in [-0.4, -0.2) is 46.7 Å². The minimum absolute atomic E-state index is 0.750. The van der Waals surface area contributed by atoms with E-state index in [0.717, 1.165) is 47.3 Å². The summed E-state index contributed by atoms with van der Waals surface area (Å²) in [5.74, 6) is 1.74. The van der Waals surface area contributed by atoms with Gasteiger partial charge in [-0.3, -0.25) is 0 Å². The molecule has 1 N–H and O–H groups in total. The number of nitrogens with zero attached hydrogens (tertiary/aromatic N) is 4. The lowest BCUT2D eigenvalue weighted by Gasteiger charge is -2.15. The van der Waals surface area contributed by atoms with Gasteiger partial charge in [0, 0.05) is 30.4 Å². The van der Waals surface area contributed by atoms with Gasteiger partial charge >= 0.3 is 0 Å². The van der Waals surface area contributed by atoms with E-state index in [1.807, 2.05) is 29.6 Å². The van der Waals surface area contributed by atoms with Crippen LogP contribution in [0, 0.1) is 13.8 Å². The van der Waals surface area contributed by atoms with E-state index in [1.165, 1.54) is 0 Å². The van der Waals surface area contributed by atoms with Gasteiger partial charge in [-0.2, -0.15) is 9.61 Å². The van der Waals surface area contributed by atoms with Gasteiger partial charge in [0.15, 0.2) is 11.4 Å². The molecule has 0 atom stereocenters. The van der Waals surface area contributed by atoms with Gasteiger partial charge in [0.1, 0.15) is 11.5 Å². The van der Waals surface area contributed by atoms with Gasteiger partial charge in [0.25, 0.3) is 0 Å². The molecule has 116 valence electrons. The Morgan fingerprint density at radius 3 is 2.82 bits per heavy atom. The van der Waals surface area contributed by atoms with Crippen LogP contribution in [0.2, 0.25) is 0 Å². The predicted molar refractivity (Wildman–Crippen MR) is 87.2 cm³/mol. The SMILES string of the molecule is Cc1nc2cc(-c3ccco3)nn2c(NCCN(C)C)c1C. The van der Waals surface area contributed by atoms with E-state index in [4.69, 9.17) is 4.42 Å². The van der Waals surface area contributed by atoms with E-state index in [9.17, 15) is 0 Å². The number of anilines is 1. The maximum absolute atomic E-state index is 5.43. The van der Waals surface area contributed by atoms with Crippen molar-refractivity contribution in [3.05, 3.63) is 35.7 Å². The van der Waals surface area contributed by atoms with Crippen LogP contribution < -0.4 is 5.32 Å². The molecule has 0 aromatic carbocycles. The van der Waals surface area contributed by atoms with E-state index < -0.39 is 0 Å². The molecular weight excluding hydrogens is 278 g/mol. The standard InChI is InChI=1S/C16H21N5O/c1-11-12(2)18-15-10-13(14-6-5-9-22-14)19-21(15)16(11)17-7-8-20(3)4/h5-6,9-10,17H,7-8H2,1-4H3. The second-order valence-electron chi connectivity index (χ2n) is 5.68. The number of furan rings is 1. The smallest absolute Gasteiger partial charge is 0.158 e. The highest BCUT2D eigenvalue weighted by atomic mass is 16.3.